The van der Waals surface area contributed by atoms with Crippen molar-refractivity contribution in [2.24, 2.45) is 23.7 Å². The molecule has 0 bridgehead atoms. The SMILES string of the molecule is CC(C)C(=O)CC1CCC(C(C)C)C1. The Morgan fingerprint density at radius 1 is 1.21 bits per heavy atom. The third-order valence-electron chi connectivity index (χ3n) is 3.66. The van der Waals surface area contributed by atoms with Crippen LogP contribution < -0.4 is 0 Å². The summed E-state index contributed by atoms with van der Waals surface area (Å²) in [7, 11) is 0. The third-order valence-corrected chi connectivity index (χ3v) is 3.66. The lowest BCUT2D eigenvalue weighted by Gasteiger charge is -2.14. The number of ketones is 1. The van der Waals surface area contributed by atoms with Crippen molar-refractivity contribution in [1.82, 2.24) is 0 Å². The highest BCUT2D eigenvalue weighted by molar-refractivity contribution is 5.80. The van der Waals surface area contributed by atoms with Crippen molar-refractivity contribution in [3.63, 3.8) is 0 Å². The standard InChI is InChI=1S/C13H24O/c1-9(2)12-6-5-11(7-12)8-13(14)10(3)4/h9-12H,5-8H2,1-4H3. The van der Waals surface area contributed by atoms with Gasteiger partial charge in [0.05, 0.1) is 0 Å². The fourth-order valence-corrected chi connectivity index (χ4v) is 2.42. The summed E-state index contributed by atoms with van der Waals surface area (Å²) in [5, 5.41) is 0. The molecular weight excluding hydrogens is 172 g/mol. The fraction of sp³-hybridized carbons (Fsp3) is 0.923. The van der Waals surface area contributed by atoms with E-state index in [4.69, 9.17) is 0 Å². The Balaban J connectivity index is 2.32. The van der Waals surface area contributed by atoms with Crippen LogP contribution in [0.4, 0.5) is 0 Å². The van der Waals surface area contributed by atoms with E-state index in [1.807, 2.05) is 13.8 Å². The topological polar surface area (TPSA) is 17.1 Å². The van der Waals surface area contributed by atoms with Crippen LogP contribution >= 0.6 is 0 Å². The van der Waals surface area contributed by atoms with Gasteiger partial charge in [0, 0.05) is 12.3 Å². The molecule has 1 saturated carbocycles. The normalized spacial score (nSPS) is 27.6. The molecule has 1 aliphatic rings. The number of rotatable bonds is 4. The first-order valence-corrected chi connectivity index (χ1v) is 6.03. The Bertz CT molecular complexity index is 193. The van der Waals surface area contributed by atoms with Crippen molar-refractivity contribution < 1.29 is 4.79 Å². The first kappa shape index (κ1) is 11.7. The maximum atomic E-state index is 11.6. The van der Waals surface area contributed by atoms with E-state index in [2.05, 4.69) is 13.8 Å². The van der Waals surface area contributed by atoms with Crippen molar-refractivity contribution in [1.29, 1.82) is 0 Å². The molecule has 1 fully saturated rings. The highest BCUT2D eigenvalue weighted by Crippen LogP contribution is 2.37. The van der Waals surface area contributed by atoms with Crippen LogP contribution in [0.25, 0.3) is 0 Å². The zero-order valence-electron chi connectivity index (χ0n) is 10.0. The molecule has 0 aliphatic heterocycles. The van der Waals surface area contributed by atoms with Gasteiger partial charge in [-0.25, -0.2) is 0 Å². The summed E-state index contributed by atoms with van der Waals surface area (Å²) in [6.07, 6.45) is 4.74. The number of Topliss-reactive ketones (excluding diaryl/α,β-unsaturated/α-hetero) is 1. The minimum absolute atomic E-state index is 0.230. The summed E-state index contributed by atoms with van der Waals surface area (Å²) < 4.78 is 0. The second-order valence-electron chi connectivity index (χ2n) is 5.51. The molecule has 14 heavy (non-hydrogen) atoms. The van der Waals surface area contributed by atoms with Crippen molar-refractivity contribution in [3.05, 3.63) is 0 Å². The van der Waals surface area contributed by atoms with E-state index in [0.717, 1.165) is 18.3 Å². The molecule has 82 valence electrons. The van der Waals surface area contributed by atoms with E-state index in [1.54, 1.807) is 0 Å². The van der Waals surface area contributed by atoms with Crippen LogP contribution in [-0.4, -0.2) is 5.78 Å². The predicted molar refractivity (Wildman–Crippen MR) is 60.1 cm³/mol. The van der Waals surface area contributed by atoms with Gasteiger partial charge in [0.2, 0.25) is 0 Å². The van der Waals surface area contributed by atoms with Gasteiger partial charge in [-0.3, -0.25) is 4.79 Å². The first-order chi connectivity index (χ1) is 6.50. The van der Waals surface area contributed by atoms with Crippen LogP contribution in [0.1, 0.15) is 53.4 Å². The van der Waals surface area contributed by atoms with Crippen molar-refractivity contribution >= 4 is 5.78 Å². The van der Waals surface area contributed by atoms with Crippen molar-refractivity contribution in [2.45, 2.75) is 53.4 Å². The van der Waals surface area contributed by atoms with E-state index >= 15 is 0 Å². The summed E-state index contributed by atoms with van der Waals surface area (Å²) in [5.41, 5.74) is 0. The molecule has 0 spiro atoms. The Kier molecular flexibility index (Phi) is 4.15. The minimum Gasteiger partial charge on any atom is -0.299 e. The average Bonchev–Trinajstić information content (AvgIpc) is 2.52. The molecule has 0 N–H and O–H groups in total. The van der Waals surface area contributed by atoms with Gasteiger partial charge in [-0.2, -0.15) is 0 Å². The Hall–Kier alpha value is -0.330. The number of hydrogen-bond donors (Lipinski definition) is 0. The molecule has 0 aromatic rings. The summed E-state index contributed by atoms with van der Waals surface area (Å²) in [6, 6.07) is 0. The van der Waals surface area contributed by atoms with Crippen molar-refractivity contribution in [2.75, 3.05) is 0 Å². The molecule has 1 heteroatoms. The lowest BCUT2D eigenvalue weighted by molar-refractivity contribution is -0.122. The predicted octanol–water partition coefficient (Wildman–Crippen LogP) is 3.67. The quantitative estimate of drug-likeness (QED) is 0.670. The van der Waals surface area contributed by atoms with Gasteiger partial charge in [-0.15, -0.1) is 0 Å². The smallest absolute Gasteiger partial charge is 0.135 e. The number of carbonyl (C=O) groups excluding carboxylic acids is 1. The molecule has 1 rings (SSSR count). The van der Waals surface area contributed by atoms with Gasteiger partial charge in [0.15, 0.2) is 0 Å². The monoisotopic (exact) mass is 196 g/mol. The van der Waals surface area contributed by atoms with E-state index < -0.39 is 0 Å². The average molecular weight is 196 g/mol. The molecule has 2 atom stereocenters. The molecule has 2 unspecified atom stereocenters. The lowest BCUT2D eigenvalue weighted by Crippen LogP contribution is -2.12. The van der Waals surface area contributed by atoms with E-state index in [1.165, 1.54) is 19.3 Å². The van der Waals surface area contributed by atoms with E-state index in [9.17, 15) is 4.79 Å². The summed E-state index contributed by atoms with van der Waals surface area (Å²) >= 11 is 0. The zero-order chi connectivity index (χ0) is 10.7. The Labute approximate surface area is 88.3 Å². The summed E-state index contributed by atoms with van der Waals surface area (Å²) in [6.45, 7) is 8.63. The Morgan fingerprint density at radius 2 is 1.86 bits per heavy atom. The fourth-order valence-electron chi connectivity index (χ4n) is 2.42. The van der Waals surface area contributed by atoms with Gasteiger partial charge >= 0.3 is 0 Å². The third kappa shape index (κ3) is 3.11. The van der Waals surface area contributed by atoms with Gasteiger partial charge in [-0.05, 0) is 37.0 Å². The van der Waals surface area contributed by atoms with Crippen molar-refractivity contribution in [3.8, 4) is 0 Å². The lowest BCUT2D eigenvalue weighted by atomic mass is 9.91. The molecular formula is C13H24O. The van der Waals surface area contributed by atoms with Crippen LogP contribution in [0.2, 0.25) is 0 Å². The van der Waals surface area contributed by atoms with Crippen LogP contribution in [0.3, 0.4) is 0 Å². The van der Waals surface area contributed by atoms with Crippen LogP contribution in [-0.2, 0) is 4.79 Å². The number of carbonyl (C=O) groups is 1. The van der Waals surface area contributed by atoms with Crippen LogP contribution in [0.5, 0.6) is 0 Å². The second-order valence-corrected chi connectivity index (χ2v) is 5.51. The highest BCUT2D eigenvalue weighted by Gasteiger charge is 2.28. The van der Waals surface area contributed by atoms with E-state index in [-0.39, 0.29) is 5.92 Å². The molecule has 1 aliphatic carbocycles. The molecule has 0 aromatic heterocycles. The van der Waals surface area contributed by atoms with E-state index in [0.29, 0.717) is 11.7 Å². The Morgan fingerprint density at radius 3 is 2.29 bits per heavy atom. The summed E-state index contributed by atoms with van der Waals surface area (Å²) in [5.74, 6) is 3.05. The second kappa shape index (κ2) is 4.95. The van der Waals surface area contributed by atoms with Gasteiger partial charge < -0.3 is 0 Å². The molecule has 0 heterocycles. The molecule has 0 radical (unpaired) electrons. The van der Waals surface area contributed by atoms with Gasteiger partial charge in [0.1, 0.15) is 5.78 Å². The van der Waals surface area contributed by atoms with Gasteiger partial charge in [0.25, 0.3) is 0 Å². The molecule has 0 aromatic carbocycles. The highest BCUT2D eigenvalue weighted by atomic mass is 16.1. The molecule has 0 amide bonds. The minimum atomic E-state index is 0.230. The van der Waals surface area contributed by atoms with Gasteiger partial charge in [-0.1, -0.05) is 27.7 Å². The maximum absolute atomic E-state index is 11.6. The molecule has 0 saturated heterocycles. The largest absolute Gasteiger partial charge is 0.299 e. The molecule has 1 nitrogen and oxygen atoms in total. The van der Waals surface area contributed by atoms with Crippen LogP contribution in [0.15, 0.2) is 0 Å². The summed E-state index contributed by atoms with van der Waals surface area (Å²) in [4.78, 5) is 11.6. The van der Waals surface area contributed by atoms with Crippen LogP contribution in [0, 0.1) is 23.7 Å². The first-order valence-electron chi connectivity index (χ1n) is 6.03. The maximum Gasteiger partial charge on any atom is 0.135 e. The zero-order valence-corrected chi connectivity index (χ0v) is 10.0. The number of hydrogen-bond acceptors (Lipinski definition) is 1.